The van der Waals surface area contributed by atoms with E-state index in [0.29, 0.717) is 11.3 Å². The molecule has 2 aliphatic carbocycles. The first kappa shape index (κ1) is 12.4. The van der Waals surface area contributed by atoms with E-state index in [9.17, 15) is 4.39 Å². The largest absolute Gasteiger partial charge is 0.250 e. The summed E-state index contributed by atoms with van der Waals surface area (Å²) in [6.45, 7) is 6.91. The lowest BCUT2D eigenvalue weighted by molar-refractivity contribution is 0.224. The maximum absolute atomic E-state index is 12.9. The van der Waals surface area contributed by atoms with Crippen LogP contribution in [0.3, 0.4) is 0 Å². The van der Waals surface area contributed by atoms with Crippen molar-refractivity contribution in [3.05, 3.63) is 0 Å². The minimum Gasteiger partial charge on any atom is -0.250 e. The van der Waals surface area contributed by atoms with Gasteiger partial charge in [-0.05, 0) is 49.4 Å². The summed E-state index contributed by atoms with van der Waals surface area (Å²) < 4.78 is 12.9. The van der Waals surface area contributed by atoms with Crippen molar-refractivity contribution in [2.45, 2.75) is 65.7 Å². The van der Waals surface area contributed by atoms with E-state index in [0.717, 1.165) is 18.8 Å². The van der Waals surface area contributed by atoms with Crippen LogP contribution >= 0.6 is 0 Å². The molecular weight excluding hydrogens is 199 g/mol. The van der Waals surface area contributed by atoms with Crippen LogP contribution < -0.4 is 0 Å². The molecule has 2 fully saturated rings. The van der Waals surface area contributed by atoms with Crippen molar-refractivity contribution in [3.8, 4) is 0 Å². The first-order valence-electron chi connectivity index (χ1n) is 7.11. The van der Waals surface area contributed by atoms with Gasteiger partial charge >= 0.3 is 0 Å². The van der Waals surface area contributed by atoms with Crippen LogP contribution in [0, 0.1) is 22.7 Å². The second kappa shape index (κ2) is 4.31. The van der Waals surface area contributed by atoms with E-state index in [4.69, 9.17) is 0 Å². The minimum atomic E-state index is -0.0799. The molecule has 0 saturated heterocycles. The first-order chi connectivity index (χ1) is 7.55. The molecule has 2 aliphatic rings. The molecule has 16 heavy (non-hydrogen) atoms. The fourth-order valence-electron chi connectivity index (χ4n) is 3.26. The maximum atomic E-state index is 12.9. The zero-order valence-electron chi connectivity index (χ0n) is 11.2. The average Bonchev–Trinajstić information content (AvgIpc) is 3.14. The third kappa shape index (κ3) is 2.28. The van der Waals surface area contributed by atoms with E-state index in [1.165, 1.54) is 32.1 Å². The highest BCUT2D eigenvalue weighted by Crippen LogP contribution is 2.57. The monoisotopic (exact) mass is 226 g/mol. The van der Waals surface area contributed by atoms with Gasteiger partial charge in [-0.15, -0.1) is 0 Å². The van der Waals surface area contributed by atoms with Crippen molar-refractivity contribution in [1.29, 1.82) is 0 Å². The van der Waals surface area contributed by atoms with Crippen LogP contribution in [0.4, 0.5) is 4.39 Å². The van der Waals surface area contributed by atoms with E-state index in [2.05, 4.69) is 20.8 Å². The van der Waals surface area contributed by atoms with Crippen molar-refractivity contribution < 1.29 is 4.39 Å². The van der Waals surface area contributed by atoms with Gasteiger partial charge in [-0.1, -0.05) is 33.6 Å². The molecule has 0 spiro atoms. The molecule has 0 aromatic carbocycles. The summed E-state index contributed by atoms with van der Waals surface area (Å²) in [5, 5.41) is 0. The van der Waals surface area contributed by atoms with Gasteiger partial charge in [0.1, 0.15) is 0 Å². The Kier molecular flexibility index (Phi) is 3.34. The Labute approximate surface area is 100 Å². The van der Waals surface area contributed by atoms with Gasteiger partial charge in [0.2, 0.25) is 0 Å². The quantitative estimate of drug-likeness (QED) is 0.574. The lowest BCUT2D eigenvalue weighted by atomic mass is 9.83. The van der Waals surface area contributed by atoms with Crippen molar-refractivity contribution in [1.82, 2.24) is 0 Å². The molecule has 2 rings (SSSR count). The molecule has 0 nitrogen and oxygen atoms in total. The summed E-state index contributed by atoms with van der Waals surface area (Å²) in [5.74, 6) is 1.46. The molecule has 1 unspecified atom stereocenters. The highest BCUT2D eigenvalue weighted by molar-refractivity contribution is 4.98. The molecule has 0 aromatic rings. The van der Waals surface area contributed by atoms with Crippen molar-refractivity contribution in [2.75, 3.05) is 6.67 Å². The van der Waals surface area contributed by atoms with Crippen LogP contribution in [0.25, 0.3) is 0 Å². The van der Waals surface area contributed by atoms with Gasteiger partial charge in [0.05, 0.1) is 6.67 Å². The van der Waals surface area contributed by atoms with Gasteiger partial charge in [0.15, 0.2) is 0 Å². The maximum Gasteiger partial charge on any atom is 0.0953 e. The predicted molar refractivity (Wildman–Crippen MR) is 67.2 cm³/mol. The Balaban J connectivity index is 1.69. The van der Waals surface area contributed by atoms with Crippen molar-refractivity contribution in [2.24, 2.45) is 22.7 Å². The van der Waals surface area contributed by atoms with E-state index < -0.39 is 0 Å². The molecule has 0 radical (unpaired) electrons. The van der Waals surface area contributed by atoms with Gasteiger partial charge < -0.3 is 0 Å². The zero-order valence-corrected chi connectivity index (χ0v) is 11.2. The van der Waals surface area contributed by atoms with Crippen LogP contribution in [0.1, 0.15) is 65.7 Å². The first-order valence-corrected chi connectivity index (χ1v) is 7.11. The number of halogens is 1. The van der Waals surface area contributed by atoms with Crippen LogP contribution in [0.2, 0.25) is 0 Å². The normalized spacial score (nSPS) is 26.8. The molecule has 0 N–H and O–H groups in total. The number of hydrogen-bond donors (Lipinski definition) is 0. The molecule has 1 heteroatoms. The molecule has 2 saturated carbocycles. The molecular formula is C15H27F. The van der Waals surface area contributed by atoms with Crippen LogP contribution in [-0.2, 0) is 0 Å². The number of hydrogen-bond acceptors (Lipinski definition) is 0. The molecule has 0 aliphatic heterocycles. The lowest BCUT2D eigenvalue weighted by Gasteiger charge is -2.23. The third-order valence-electron chi connectivity index (χ3n) is 5.63. The fourth-order valence-corrected chi connectivity index (χ4v) is 3.26. The van der Waals surface area contributed by atoms with Crippen molar-refractivity contribution >= 4 is 0 Å². The second-order valence-corrected chi connectivity index (χ2v) is 6.81. The Morgan fingerprint density at radius 2 is 1.56 bits per heavy atom. The molecule has 0 aromatic heterocycles. The Morgan fingerprint density at radius 3 is 1.94 bits per heavy atom. The highest BCUT2D eigenvalue weighted by atomic mass is 19.1. The zero-order chi connectivity index (χ0) is 11.8. The van der Waals surface area contributed by atoms with Gasteiger partial charge in [0.25, 0.3) is 0 Å². The Morgan fingerprint density at radius 1 is 1.00 bits per heavy atom. The van der Waals surface area contributed by atoms with Gasteiger partial charge in [-0.3, -0.25) is 4.39 Å². The Bertz CT molecular complexity index is 236. The van der Waals surface area contributed by atoms with E-state index in [1.807, 2.05) is 0 Å². The number of rotatable bonds is 7. The standard InChI is InChI=1S/C15H27F/c1-12(2)14(7-8-14)6-4-5-13(3)15(11-16)9-10-15/h12-13H,4-11H2,1-3H3. The van der Waals surface area contributed by atoms with Crippen LogP contribution in [0.15, 0.2) is 0 Å². The predicted octanol–water partition coefficient (Wildman–Crippen LogP) is 4.98. The third-order valence-corrected chi connectivity index (χ3v) is 5.63. The summed E-state index contributed by atoms with van der Waals surface area (Å²) >= 11 is 0. The van der Waals surface area contributed by atoms with E-state index in [1.54, 1.807) is 0 Å². The highest BCUT2D eigenvalue weighted by Gasteiger charge is 2.48. The van der Waals surface area contributed by atoms with Crippen LogP contribution in [-0.4, -0.2) is 6.67 Å². The van der Waals surface area contributed by atoms with Gasteiger partial charge in [0, 0.05) is 5.41 Å². The summed E-state index contributed by atoms with van der Waals surface area (Å²) in [6.07, 6.45) is 9.11. The van der Waals surface area contributed by atoms with Gasteiger partial charge in [-0.2, -0.15) is 0 Å². The molecule has 0 amide bonds. The average molecular weight is 226 g/mol. The summed E-state index contributed by atoms with van der Waals surface area (Å²) in [5.41, 5.74) is 0.806. The summed E-state index contributed by atoms with van der Waals surface area (Å²) in [6, 6.07) is 0. The SMILES string of the molecule is CC(C)C1(CCCC(C)C2(CF)CC2)CC1. The second-order valence-electron chi connectivity index (χ2n) is 6.81. The molecule has 1 atom stereocenters. The van der Waals surface area contributed by atoms with E-state index in [-0.39, 0.29) is 12.1 Å². The van der Waals surface area contributed by atoms with E-state index >= 15 is 0 Å². The minimum absolute atomic E-state index is 0.0799. The molecule has 0 bridgehead atoms. The van der Waals surface area contributed by atoms with Gasteiger partial charge in [-0.25, -0.2) is 0 Å². The topological polar surface area (TPSA) is 0 Å². The smallest absolute Gasteiger partial charge is 0.0953 e. The fraction of sp³-hybridized carbons (Fsp3) is 1.00. The molecule has 94 valence electrons. The molecule has 0 heterocycles. The van der Waals surface area contributed by atoms with Crippen LogP contribution in [0.5, 0.6) is 0 Å². The number of alkyl halides is 1. The summed E-state index contributed by atoms with van der Waals surface area (Å²) in [7, 11) is 0. The lowest BCUT2D eigenvalue weighted by Crippen LogP contribution is -2.16. The summed E-state index contributed by atoms with van der Waals surface area (Å²) in [4.78, 5) is 0. The van der Waals surface area contributed by atoms with Crippen molar-refractivity contribution in [3.63, 3.8) is 0 Å². The Hall–Kier alpha value is -0.0700.